The summed E-state index contributed by atoms with van der Waals surface area (Å²) in [6, 6.07) is 0. The summed E-state index contributed by atoms with van der Waals surface area (Å²) in [5.74, 6) is -0.111. The van der Waals surface area contributed by atoms with Crippen molar-refractivity contribution in [2.45, 2.75) is 5.37 Å². The van der Waals surface area contributed by atoms with Gasteiger partial charge in [-0.15, -0.1) is 11.8 Å². The van der Waals surface area contributed by atoms with Crippen LogP contribution in [0.2, 0.25) is 0 Å². The highest BCUT2D eigenvalue weighted by atomic mass is 32.2. The molecule has 0 radical (unpaired) electrons. The predicted molar refractivity (Wildman–Crippen MR) is 32.4 cm³/mol. The van der Waals surface area contributed by atoms with E-state index in [-0.39, 0.29) is 0 Å². The summed E-state index contributed by atoms with van der Waals surface area (Å²) >= 11 is 1.33. The third kappa shape index (κ3) is 1.01. The van der Waals surface area contributed by atoms with Crippen LogP contribution < -0.4 is 0 Å². The second-order valence-corrected chi connectivity index (χ2v) is 2.47. The molecule has 1 aliphatic rings. The Morgan fingerprint density at radius 1 is 2.00 bits per heavy atom. The van der Waals surface area contributed by atoms with Gasteiger partial charge in [-0.3, -0.25) is 4.99 Å². The average Bonchev–Trinajstić information content (AvgIpc) is 2.12. The van der Waals surface area contributed by atoms with E-state index in [2.05, 4.69) is 4.99 Å². The van der Waals surface area contributed by atoms with Crippen LogP contribution in [-0.2, 0) is 4.79 Å². The summed E-state index contributed by atoms with van der Waals surface area (Å²) in [6.07, 6.45) is 1.63. The number of carboxylic acid groups (broad SMARTS) is 1. The highest BCUT2D eigenvalue weighted by molar-refractivity contribution is 8.01. The second kappa shape index (κ2) is 2.17. The number of carbonyl (C=O) groups is 1. The highest BCUT2D eigenvalue weighted by Gasteiger charge is 2.17. The topological polar surface area (TPSA) is 49.7 Å². The molecule has 1 heterocycles. The van der Waals surface area contributed by atoms with Crippen molar-refractivity contribution in [2.75, 3.05) is 5.75 Å². The minimum atomic E-state index is -0.844. The van der Waals surface area contributed by atoms with Crippen LogP contribution in [0.4, 0.5) is 0 Å². The van der Waals surface area contributed by atoms with Gasteiger partial charge in [0.2, 0.25) is 0 Å². The van der Waals surface area contributed by atoms with Crippen LogP contribution >= 0.6 is 11.8 Å². The molecule has 0 saturated carbocycles. The Morgan fingerprint density at radius 3 is 3.00 bits per heavy atom. The van der Waals surface area contributed by atoms with Crippen LogP contribution in [0.15, 0.2) is 4.99 Å². The molecule has 0 aliphatic carbocycles. The summed E-state index contributed by atoms with van der Waals surface area (Å²) < 4.78 is 0. The number of aliphatic carboxylic acids is 1. The van der Waals surface area contributed by atoms with E-state index in [4.69, 9.17) is 5.11 Å². The molecule has 0 amide bonds. The molecule has 3 nitrogen and oxygen atoms in total. The van der Waals surface area contributed by atoms with Crippen molar-refractivity contribution >= 4 is 23.9 Å². The zero-order valence-electron chi connectivity index (χ0n) is 4.07. The Labute approximate surface area is 50.8 Å². The molecule has 0 saturated heterocycles. The fourth-order valence-electron chi connectivity index (χ4n) is 0.451. The van der Waals surface area contributed by atoms with Crippen LogP contribution in [0.3, 0.4) is 0 Å². The van der Waals surface area contributed by atoms with E-state index >= 15 is 0 Å². The highest BCUT2D eigenvalue weighted by Crippen LogP contribution is 2.15. The zero-order chi connectivity index (χ0) is 5.98. The van der Waals surface area contributed by atoms with Gasteiger partial charge in [-0.2, -0.15) is 0 Å². The van der Waals surface area contributed by atoms with Crippen molar-refractivity contribution < 1.29 is 9.90 Å². The number of hydrogen-bond acceptors (Lipinski definition) is 3. The lowest BCUT2D eigenvalue weighted by atomic mass is 10.7. The van der Waals surface area contributed by atoms with E-state index in [9.17, 15) is 4.79 Å². The lowest BCUT2D eigenvalue weighted by Crippen LogP contribution is -2.09. The predicted octanol–water partition coefficient (Wildman–Crippen LogP) is 0.215. The fraction of sp³-hybridized carbons (Fsp3) is 0.500. The summed E-state index contributed by atoms with van der Waals surface area (Å²) in [5.41, 5.74) is 0. The van der Waals surface area contributed by atoms with Gasteiger partial charge in [0.05, 0.1) is 0 Å². The lowest BCUT2D eigenvalue weighted by molar-refractivity contribution is -0.136. The van der Waals surface area contributed by atoms with Gasteiger partial charge in [-0.05, 0) is 0 Å². The van der Waals surface area contributed by atoms with Gasteiger partial charge in [0.1, 0.15) is 0 Å². The van der Waals surface area contributed by atoms with E-state index in [0.29, 0.717) is 0 Å². The van der Waals surface area contributed by atoms with Crippen LogP contribution in [0, 0.1) is 0 Å². The van der Waals surface area contributed by atoms with Crippen LogP contribution in [-0.4, -0.2) is 28.4 Å². The number of aliphatic imine (C=N–C) groups is 1. The smallest absolute Gasteiger partial charge is 0.338 e. The van der Waals surface area contributed by atoms with Gasteiger partial charge in [0, 0.05) is 12.0 Å². The fourth-order valence-corrected chi connectivity index (χ4v) is 1.12. The molecule has 1 rings (SSSR count). The third-order valence-electron chi connectivity index (χ3n) is 0.781. The molecular formula is C4H5NO2S. The molecule has 1 aliphatic heterocycles. The Kier molecular flexibility index (Phi) is 1.53. The standard InChI is InChI=1S/C4H5NO2S/c6-4(7)3-5-1-2-8-3/h1,3H,2H2,(H,6,7). The lowest BCUT2D eigenvalue weighted by Gasteiger charge is -1.94. The van der Waals surface area contributed by atoms with Gasteiger partial charge >= 0.3 is 5.97 Å². The first kappa shape index (κ1) is 5.62. The van der Waals surface area contributed by atoms with Crippen LogP contribution in [0.25, 0.3) is 0 Å². The molecule has 0 bridgehead atoms. The third-order valence-corrected chi connectivity index (χ3v) is 1.76. The summed E-state index contributed by atoms with van der Waals surface area (Å²) in [6.45, 7) is 0. The van der Waals surface area contributed by atoms with Crippen LogP contribution in [0.5, 0.6) is 0 Å². The second-order valence-electron chi connectivity index (χ2n) is 1.36. The number of carboxylic acids is 1. The molecule has 0 aromatic rings. The van der Waals surface area contributed by atoms with E-state index in [1.807, 2.05) is 0 Å². The van der Waals surface area contributed by atoms with Crippen molar-refractivity contribution in [2.24, 2.45) is 4.99 Å². The number of rotatable bonds is 1. The monoisotopic (exact) mass is 131 g/mol. The van der Waals surface area contributed by atoms with Crippen molar-refractivity contribution in [1.82, 2.24) is 0 Å². The Morgan fingerprint density at radius 2 is 2.75 bits per heavy atom. The number of hydrogen-bond donors (Lipinski definition) is 1. The van der Waals surface area contributed by atoms with E-state index in [0.717, 1.165) is 5.75 Å². The average molecular weight is 131 g/mol. The molecule has 44 valence electrons. The Balaban J connectivity index is 2.48. The minimum Gasteiger partial charge on any atom is -0.479 e. The molecule has 1 N–H and O–H groups in total. The summed E-state index contributed by atoms with van der Waals surface area (Å²) in [7, 11) is 0. The molecule has 0 spiro atoms. The maximum atomic E-state index is 10.1. The van der Waals surface area contributed by atoms with Crippen LogP contribution in [0.1, 0.15) is 0 Å². The normalized spacial score (nSPS) is 26.2. The maximum absolute atomic E-state index is 10.1. The summed E-state index contributed by atoms with van der Waals surface area (Å²) in [4.78, 5) is 13.7. The number of nitrogens with zero attached hydrogens (tertiary/aromatic N) is 1. The Bertz CT molecular complexity index is 134. The van der Waals surface area contributed by atoms with Gasteiger partial charge in [0.25, 0.3) is 0 Å². The van der Waals surface area contributed by atoms with E-state index < -0.39 is 11.3 Å². The first-order chi connectivity index (χ1) is 3.80. The number of thioether (sulfide) groups is 1. The maximum Gasteiger partial charge on any atom is 0.338 e. The molecule has 1 unspecified atom stereocenters. The molecule has 0 aromatic heterocycles. The molecule has 4 heteroatoms. The Hall–Kier alpha value is -0.510. The van der Waals surface area contributed by atoms with Gasteiger partial charge in [-0.25, -0.2) is 4.79 Å². The van der Waals surface area contributed by atoms with Gasteiger partial charge in [-0.1, -0.05) is 0 Å². The first-order valence-electron chi connectivity index (χ1n) is 2.17. The zero-order valence-corrected chi connectivity index (χ0v) is 4.89. The van der Waals surface area contributed by atoms with E-state index in [1.54, 1.807) is 6.21 Å². The molecule has 1 atom stereocenters. The summed E-state index contributed by atoms with van der Waals surface area (Å²) in [5, 5.41) is 7.75. The van der Waals surface area contributed by atoms with Crippen molar-refractivity contribution in [3.63, 3.8) is 0 Å². The van der Waals surface area contributed by atoms with Crippen molar-refractivity contribution in [1.29, 1.82) is 0 Å². The molecule has 0 fully saturated rings. The van der Waals surface area contributed by atoms with E-state index in [1.165, 1.54) is 11.8 Å². The van der Waals surface area contributed by atoms with Gasteiger partial charge < -0.3 is 5.11 Å². The first-order valence-corrected chi connectivity index (χ1v) is 3.21. The molecule has 8 heavy (non-hydrogen) atoms. The van der Waals surface area contributed by atoms with Crippen molar-refractivity contribution in [3.8, 4) is 0 Å². The minimum absolute atomic E-state index is 0.532. The molecule has 0 aromatic carbocycles. The SMILES string of the molecule is O=C(O)C1N=CCS1. The largest absolute Gasteiger partial charge is 0.479 e. The van der Waals surface area contributed by atoms with Crippen molar-refractivity contribution in [3.05, 3.63) is 0 Å². The van der Waals surface area contributed by atoms with Gasteiger partial charge in [0.15, 0.2) is 5.37 Å². The molecular weight excluding hydrogens is 126 g/mol. The quantitative estimate of drug-likeness (QED) is 0.553.